The van der Waals surface area contributed by atoms with Gasteiger partial charge in [0.1, 0.15) is 0 Å². The van der Waals surface area contributed by atoms with Gasteiger partial charge in [-0.1, -0.05) is 37.3 Å². The van der Waals surface area contributed by atoms with Crippen molar-refractivity contribution in [3.05, 3.63) is 35.9 Å². The number of hydrogen-bond donors (Lipinski definition) is 2. The third kappa shape index (κ3) is 4.86. The van der Waals surface area contributed by atoms with Crippen LogP contribution in [0.2, 0.25) is 0 Å². The van der Waals surface area contributed by atoms with E-state index in [0.29, 0.717) is 26.2 Å². The molecule has 1 aliphatic rings. The van der Waals surface area contributed by atoms with Crippen LogP contribution in [0.5, 0.6) is 0 Å². The lowest BCUT2D eigenvalue weighted by molar-refractivity contribution is -0.140. The fourth-order valence-electron chi connectivity index (χ4n) is 2.17. The van der Waals surface area contributed by atoms with Crippen molar-refractivity contribution in [3.63, 3.8) is 0 Å². The molecular weight excluding hydrogens is 270 g/mol. The summed E-state index contributed by atoms with van der Waals surface area (Å²) in [6, 6.07) is 9.91. The van der Waals surface area contributed by atoms with Gasteiger partial charge in [0.05, 0.1) is 25.0 Å². The first kappa shape index (κ1) is 15.5. The average Bonchev–Trinajstić information content (AvgIpc) is 3.26. The summed E-state index contributed by atoms with van der Waals surface area (Å²) in [6.45, 7) is 3.62. The number of nitrogens with one attached hydrogen (secondary N) is 1. The first-order valence-corrected chi connectivity index (χ1v) is 7.20. The first-order valence-electron chi connectivity index (χ1n) is 7.20. The van der Waals surface area contributed by atoms with E-state index in [4.69, 9.17) is 9.84 Å². The molecule has 1 aliphatic carbocycles. The van der Waals surface area contributed by atoms with E-state index in [1.165, 1.54) is 0 Å². The van der Waals surface area contributed by atoms with Gasteiger partial charge in [-0.15, -0.1) is 0 Å². The summed E-state index contributed by atoms with van der Waals surface area (Å²) < 4.78 is 5.60. The average molecular weight is 291 g/mol. The molecule has 114 valence electrons. The number of amides is 1. The zero-order valence-corrected chi connectivity index (χ0v) is 12.1. The minimum Gasteiger partial charge on any atom is -0.481 e. The molecule has 1 aromatic rings. The molecule has 1 saturated carbocycles. The summed E-state index contributed by atoms with van der Waals surface area (Å²) >= 11 is 0. The third-order valence-electron chi connectivity index (χ3n) is 3.58. The van der Waals surface area contributed by atoms with E-state index in [1.54, 1.807) is 0 Å². The monoisotopic (exact) mass is 291 g/mol. The van der Waals surface area contributed by atoms with Crippen molar-refractivity contribution < 1.29 is 19.4 Å². The Balaban J connectivity index is 1.59. The molecule has 1 amide bonds. The van der Waals surface area contributed by atoms with E-state index in [9.17, 15) is 9.59 Å². The quantitative estimate of drug-likeness (QED) is 0.764. The largest absolute Gasteiger partial charge is 0.481 e. The maximum atomic E-state index is 11.7. The maximum Gasteiger partial charge on any atom is 0.307 e. The molecule has 3 unspecified atom stereocenters. The van der Waals surface area contributed by atoms with Crippen LogP contribution in [0.25, 0.3) is 0 Å². The summed E-state index contributed by atoms with van der Waals surface area (Å²) in [7, 11) is 0. The normalized spacial score (nSPS) is 21.6. The number of carboxylic acids is 1. The Kier molecular flexibility index (Phi) is 5.33. The zero-order chi connectivity index (χ0) is 15.2. The molecule has 3 atom stereocenters. The van der Waals surface area contributed by atoms with Crippen LogP contribution in [0, 0.1) is 17.8 Å². The van der Waals surface area contributed by atoms with Gasteiger partial charge in [-0.05, 0) is 17.9 Å². The van der Waals surface area contributed by atoms with Crippen LogP contribution in [0.4, 0.5) is 0 Å². The molecule has 0 saturated heterocycles. The van der Waals surface area contributed by atoms with Gasteiger partial charge in [0.15, 0.2) is 0 Å². The molecule has 5 nitrogen and oxygen atoms in total. The van der Waals surface area contributed by atoms with E-state index in [1.807, 2.05) is 37.3 Å². The van der Waals surface area contributed by atoms with Gasteiger partial charge in [0.2, 0.25) is 5.91 Å². The molecule has 0 spiro atoms. The fraction of sp³-hybridized carbons (Fsp3) is 0.500. The minimum absolute atomic E-state index is 0.155. The molecule has 0 heterocycles. The highest BCUT2D eigenvalue weighted by atomic mass is 16.5. The number of carboxylic acid groups (broad SMARTS) is 1. The SMILES string of the molecule is CC(CNC(=O)C1CC1C(=O)O)COCc1ccccc1. The summed E-state index contributed by atoms with van der Waals surface area (Å²) in [5.41, 5.74) is 1.12. The molecule has 1 aromatic carbocycles. The predicted molar refractivity (Wildman–Crippen MR) is 77.5 cm³/mol. The van der Waals surface area contributed by atoms with Gasteiger partial charge in [-0.2, -0.15) is 0 Å². The number of hydrogen-bond acceptors (Lipinski definition) is 3. The van der Waals surface area contributed by atoms with Crippen molar-refractivity contribution in [2.45, 2.75) is 20.0 Å². The van der Waals surface area contributed by atoms with Gasteiger partial charge < -0.3 is 15.2 Å². The predicted octanol–water partition coefficient (Wildman–Crippen LogP) is 1.68. The Morgan fingerprint density at radius 1 is 1.33 bits per heavy atom. The molecule has 0 aliphatic heterocycles. The van der Waals surface area contributed by atoms with Gasteiger partial charge in [0.25, 0.3) is 0 Å². The lowest BCUT2D eigenvalue weighted by Gasteiger charge is -2.13. The van der Waals surface area contributed by atoms with Crippen LogP contribution >= 0.6 is 0 Å². The Hall–Kier alpha value is -1.88. The van der Waals surface area contributed by atoms with Crippen LogP contribution < -0.4 is 5.32 Å². The van der Waals surface area contributed by atoms with Crippen LogP contribution in [0.3, 0.4) is 0 Å². The Morgan fingerprint density at radius 2 is 2.05 bits per heavy atom. The molecule has 0 aromatic heterocycles. The molecule has 0 radical (unpaired) electrons. The maximum absolute atomic E-state index is 11.7. The minimum atomic E-state index is -0.880. The number of rotatable bonds is 8. The fourth-order valence-corrected chi connectivity index (χ4v) is 2.17. The Labute approximate surface area is 124 Å². The van der Waals surface area contributed by atoms with E-state index in [-0.39, 0.29) is 17.7 Å². The molecule has 1 fully saturated rings. The van der Waals surface area contributed by atoms with Crippen molar-refractivity contribution >= 4 is 11.9 Å². The van der Waals surface area contributed by atoms with Gasteiger partial charge in [-0.25, -0.2) is 0 Å². The summed E-state index contributed by atoms with van der Waals surface area (Å²) in [5, 5.41) is 11.6. The molecular formula is C16H21NO4. The number of benzene rings is 1. The van der Waals surface area contributed by atoms with E-state index >= 15 is 0 Å². The van der Waals surface area contributed by atoms with E-state index < -0.39 is 11.9 Å². The number of carbonyl (C=O) groups excluding carboxylic acids is 1. The second-order valence-electron chi connectivity index (χ2n) is 5.64. The second-order valence-corrected chi connectivity index (χ2v) is 5.64. The highest BCUT2D eigenvalue weighted by Crippen LogP contribution is 2.38. The number of aliphatic carboxylic acids is 1. The Morgan fingerprint density at radius 3 is 2.67 bits per heavy atom. The first-order chi connectivity index (χ1) is 10.1. The van der Waals surface area contributed by atoms with E-state index in [2.05, 4.69) is 5.32 Å². The van der Waals surface area contributed by atoms with E-state index in [0.717, 1.165) is 5.56 Å². The smallest absolute Gasteiger partial charge is 0.307 e. The molecule has 5 heteroatoms. The zero-order valence-electron chi connectivity index (χ0n) is 12.1. The number of ether oxygens (including phenoxy) is 1. The standard InChI is InChI=1S/C16H21NO4/c1-11(9-21-10-12-5-3-2-4-6-12)8-17-15(18)13-7-14(13)16(19)20/h2-6,11,13-14H,7-10H2,1H3,(H,17,18)(H,19,20). The van der Waals surface area contributed by atoms with Crippen LogP contribution in [0.1, 0.15) is 18.9 Å². The van der Waals surface area contributed by atoms with Gasteiger partial charge in [-0.3, -0.25) is 9.59 Å². The highest BCUT2D eigenvalue weighted by Gasteiger charge is 2.48. The number of carbonyl (C=O) groups is 2. The van der Waals surface area contributed by atoms with Crippen molar-refractivity contribution in [1.82, 2.24) is 5.32 Å². The van der Waals surface area contributed by atoms with Gasteiger partial charge in [0, 0.05) is 6.54 Å². The highest BCUT2D eigenvalue weighted by molar-refractivity contribution is 5.89. The van der Waals surface area contributed by atoms with Crippen LogP contribution in [-0.2, 0) is 20.9 Å². The summed E-state index contributed by atoms with van der Waals surface area (Å²) in [6.07, 6.45) is 0.458. The molecule has 2 N–H and O–H groups in total. The molecule has 21 heavy (non-hydrogen) atoms. The lowest BCUT2D eigenvalue weighted by Crippen LogP contribution is -2.32. The topological polar surface area (TPSA) is 75.6 Å². The Bertz CT molecular complexity index is 488. The van der Waals surface area contributed by atoms with Crippen molar-refractivity contribution in [2.75, 3.05) is 13.2 Å². The molecule has 0 bridgehead atoms. The second kappa shape index (κ2) is 7.22. The molecule has 2 rings (SSSR count). The lowest BCUT2D eigenvalue weighted by atomic mass is 10.2. The summed E-state index contributed by atoms with van der Waals surface area (Å²) in [4.78, 5) is 22.4. The van der Waals surface area contributed by atoms with Crippen molar-refractivity contribution in [2.24, 2.45) is 17.8 Å². The van der Waals surface area contributed by atoms with Crippen LogP contribution in [0.15, 0.2) is 30.3 Å². The van der Waals surface area contributed by atoms with Gasteiger partial charge >= 0.3 is 5.97 Å². The van der Waals surface area contributed by atoms with Crippen LogP contribution in [-0.4, -0.2) is 30.1 Å². The summed E-state index contributed by atoms with van der Waals surface area (Å²) in [5.74, 6) is -1.68. The van der Waals surface area contributed by atoms with Crippen molar-refractivity contribution in [1.29, 1.82) is 0 Å². The van der Waals surface area contributed by atoms with Crippen molar-refractivity contribution in [3.8, 4) is 0 Å². The third-order valence-corrected chi connectivity index (χ3v) is 3.58.